The van der Waals surface area contributed by atoms with Crippen molar-refractivity contribution in [2.75, 3.05) is 5.32 Å². The summed E-state index contributed by atoms with van der Waals surface area (Å²) in [6.45, 7) is 2.06. The molecule has 0 amide bonds. The van der Waals surface area contributed by atoms with Crippen molar-refractivity contribution < 1.29 is 0 Å². The molecule has 96 valence electrons. The van der Waals surface area contributed by atoms with E-state index in [-0.39, 0.29) is 0 Å². The highest BCUT2D eigenvalue weighted by molar-refractivity contribution is 6.29. The zero-order valence-corrected chi connectivity index (χ0v) is 11.3. The van der Waals surface area contributed by atoms with E-state index in [1.807, 2.05) is 12.1 Å². The van der Waals surface area contributed by atoms with Crippen LogP contribution in [-0.4, -0.2) is 9.97 Å². The number of hydrogen-bond donors (Lipinski definition) is 1. The van der Waals surface area contributed by atoms with E-state index >= 15 is 0 Å². The number of nitrogens with zero attached hydrogens (tertiary/aromatic N) is 3. The predicted molar refractivity (Wildman–Crippen MR) is 75.5 cm³/mol. The van der Waals surface area contributed by atoms with Gasteiger partial charge in [0.15, 0.2) is 0 Å². The van der Waals surface area contributed by atoms with Crippen LogP contribution >= 0.6 is 11.6 Å². The molecule has 0 atom stereocenters. The van der Waals surface area contributed by atoms with Gasteiger partial charge >= 0.3 is 0 Å². The van der Waals surface area contributed by atoms with Gasteiger partial charge in [-0.2, -0.15) is 5.26 Å². The molecular weight excluding hydrogens is 260 g/mol. The molecule has 1 N–H and O–H groups in total. The summed E-state index contributed by atoms with van der Waals surface area (Å²) < 4.78 is 0. The molecular formula is C14H13ClN4. The lowest BCUT2D eigenvalue weighted by Crippen LogP contribution is -2.00. The van der Waals surface area contributed by atoms with Crippen LogP contribution in [0.25, 0.3) is 0 Å². The Morgan fingerprint density at radius 2 is 2.16 bits per heavy atom. The number of nitrogens with one attached hydrogen (secondary N) is 1. The maximum atomic E-state index is 8.86. The first-order chi connectivity index (χ1) is 9.21. The maximum Gasteiger partial charge on any atom is 0.135 e. The average molecular weight is 273 g/mol. The molecule has 0 aliphatic rings. The third kappa shape index (κ3) is 3.67. The summed E-state index contributed by atoms with van der Waals surface area (Å²) in [7, 11) is 0. The summed E-state index contributed by atoms with van der Waals surface area (Å²) in [5.41, 5.74) is 1.40. The van der Waals surface area contributed by atoms with Gasteiger partial charge < -0.3 is 5.32 Å². The number of aromatic nitrogens is 2. The number of anilines is 2. The first-order valence-electron chi connectivity index (χ1n) is 6.02. The van der Waals surface area contributed by atoms with Gasteiger partial charge in [-0.15, -0.1) is 0 Å². The monoisotopic (exact) mass is 272 g/mol. The maximum absolute atomic E-state index is 8.86. The van der Waals surface area contributed by atoms with Crippen LogP contribution in [0.3, 0.4) is 0 Å². The van der Waals surface area contributed by atoms with Gasteiger partial charge in [-0.3, -0.25) is 0 Å². The molecule has 4 nitrogen and oxygen atoms in total. The SMILES string of the molecule is CCCc1nc(Cl)cc(Nc2cccc(C#N)c2)n1. The molecule has 0 fully saturated rings. The summed E-state index contributed by atoms with van der Waals surface area (Å²) in [4.78, 5) is 8.55. The second kappa shape index (κ2) is 6.17. The van der Waals surface area contributed by atoms with Crippen LogP contribution in [-0.2, 0) is 6.42 Å². The fourth-order valence-electron chi connectivity index (χ4n) is 1.68. The molecule has 0 saturated carbocycles. The predicted octanol–water partition coefficient (Wildman–Crippen LogP) is 3.70. The lowest BCUT2D eigenvalue weighted by atomic mass is 10.2. The van der Waals surface area contributed by atoms with Gasteiger partial charge in [0, 0.05) is 18.2 Å². The van der Waals surface area contributed by atoms with Crippen LogP contribution in [0.4, 0.5) is 11.5 Å². The van der Waals surface area contributed by atoms with Gasteiger partial charge in [0.2, 0.25) is 0 Å². The Morgan fingerprint density at radius 1 is 1.32 bits per heavy atom. The normalized spacial score (nSPS) is 9.95. The highest BCUT2D eigenvalue weighted by atomic mass is 35.5. The van der Waals surface area contributed by atoms with Crippen molar-refractivity contribution in [2.24, 2.45) is 0 Å². The Morgan fingerprint density at radius 3 is 2.89 bits per heavy atom. The van der Waals surface area contributed by atoms with E-state index < -0.39 is 0 Å². The van der Waals surface area contributed by atoms with E-state index in [0.717, 1.165) is 18.5 Å². The third-order valence-electron chi connectivity index (χ3n) is 2.48. The summed E-state index contributed by atoms with van der Waals surface area (Å²) in [5.74, 6) is 1.35. The van der Waals surface area contributed by atoms with E-state index in [2.05, 4.69) is 28.3 Å². The summed E-state index contributed by atoms with van der Waals surface area (Å²) in [6.07, 6.45) is 1.75. The fourth-order valence-corrected chi connectivity index (χ4v) is 1.88. The van der Waals surface area contributed by atoms with Crippen molar-refractivity contribution in [2.45, 2.75) is 19.8 Å². The van der Waals surface area contributed by atoms with Crippen LogP contribution in [0.15, 0.2) is 30.3 Å². The lowest BCUT2D eigenvalue weighted by Gasteiger charge is -2.07. The molecule has 0 unspecified atom stereocenters. The molecule has 19 heavy (non-hydrogen) atoms. The Kier molecular flexibility index (Phi) is 4.32. The van der Waals surface area contributed by atoms with Crippen LogP contribution < -0.4 is 5.32 Å². The number of benzene rings is 1. The molecule has 1 aromatic carbocycles. The minimum atomic E-state index is 0.414. The first kappa shape index (κ1) is 13.3. The second-order valence-corrected chi connectivity index (χ2v) is 4.45. The number of hydrogen-bond acceptors (Lipinski definition) is 4. The standard InChI is InChI=1S/C14H13ClN4/c1-2-4-13-18-12(15)8-14(19-13)17-11-6-3-5-10(7-11)9-16/h3,5-8H,2,4H2,1H3,(H,17,18,19). The number of halogens is 1. The Hall–Kier alpha value is -2.12. The zero-order chi connectivity index (χ0) is 13.7. The first-order valence-corrected chi connectivity index (χ1v) is 6.39. The van der Waals surface area contributed by atoms with Gasteiger partial charge in [0.05, 0.1) is 11.6 Å². The van der Waals surface area contributed by atoms with Crippen molar-refractivity contribution >= 4 is 23.1 Å². The molecule has 0 spiro atoms. The smallest absolute Gasteiger partial charge is 0.135 e. The van der Waals surface area contributed by atoms with Gasteiger partial charge in [-0.25, -0.2) is 9.97 Å². The third-order valence-corrected chi connectivity index (χ3v) is 2.67. The van der Waals surface area contributed by atoms with E-state index in [4.69, 9.17) is 16.9 Å². The van der Waals surface area contributed by atoms with Crippen LogP contribution in [0.2, 0.25) is 5.15 Å². The highest BCUT2D eigenvalue weighted by Gasteiger charge is 2.03. The average Bonchev–Trinajstić information content (AvgIpc) is 2.38. The molecule has 0 aliphatic carbocycles. The Balaban J connectivity index is 2.25. The van der Waals surface area contributed by atoms with Gasteiger partial charge in [0.1, 0.15) is 16.8 Å². The number of aryl methyl sites for hydroxylation is 1. The van der Waals surface area contributed by atoms with Crippen LogP contribution in [0, 0.1) is 11.3 Å². The van der Waals surface area contributed by atoms with Crippen molar-refractivity contribution in [1.29, 1.82) is 5.26 Å². The van der Waals surface area contributed by atoms with Crippen molar-refractivity contribution in [3.05, 3.63) is 46.9 Å². The molecule has 5 heteroatoms. The summed E-state index contributed by atoms with van der Waals surface area (Å²) in [6, 6.07) is 11.0. The molecule has 1 aromatic heterocycles. The Labute approximate surface area is 117 Å². The highest BCUT2D eigenvalue weighted by Crippen LogP contribution is 2.18. The van der Waals surface area contributed by atoms with Gasteiger partial charge in [-0.1, -0.05) is 24.6 Å². The summed E-state index contributed by atoms with van der Waals surface area (Å²) >= 11 is 5.97. The molecule has 2 rings (SSSR count). The molecule has 0 radical (unpaired) electrons. The molecule has 0 bridgehead atoms. The number of nitriles is 1. The fraction of sp³-hybridized carbons (Fsp3) is 0.214. The molecule has 2 aromatic rings. The second-order valence-electron chi connectivity index (χ2n) is 4.06. The van der Waals surface area contributed by atoms with Gasteiger partial charge in [0.25, 0.3) is 0 Å². The largest absolute Gasteiger partial charge is 0.340 e. The van der Waals surface area contributed by atoms with E-state index in [0.29, 0.717) is 22.4 Å². The summed E-state index contributed by atoms with van der Waals surface area (Å²) in [5, 5.41) is 12.4. The molecule has 1 heterocycles. The molecule has 0 saturated heterocycles. The number of rotatable bonds is 4. The van der Waals surface area contributed by atoms with Crippen molar-refractivity contribution in [3.8, 4) is 6.07 Å². The van der Waals surface area contributed by atoms with E-state index in [1.165, 1.54) is 0 Å². The Bertz CT molecular complexity index is 619. The van der Waals surface area contributed by atoms with E-state index in [9.17, 15) is 0 Å². The topological polar surface area (TPSA) is 61.6 Å². The zero-order valence-electron chi connectivity index (χ0n) is 10.5. The van der Waals surface area contributed by atoms with Crippen LogP contribution in [0.5, 0.6) is 0 Å². The van der Waals surface area contributed by atoms with Gasteiger partial charge in [-0.05, 0) is 24.6 Å². The van der Waals surface area contributed by atoms with Crippen LogP contribution in [0.1, 0.15) is 24.7 Å². The molecule has 0 aliphatic heterocycles. The quantitative estimate of drug-likeness (QED) is 0.862. The van der Waals surface area contributed by atoms with Crippen molar-refractivity contribution in [1.82, 2.24) is 9.97 Å². The van der Waals surface area contributed by atoms with Crippen molar-refractivity contribution in [3.63, 3.8) is 0 Å². The minimum Gasteiger partial charge on any atom is -0.340 e. The van der Waals surface area contributed by atoms with E-state index in [1.54, 1.807) is 18.2 Å². The lowest BCUT2D eigenvalue weighted by molar-refractivity contribution is 0.837. The minimum absolute atomic E-state index is 0.414.